The van der Waals surface area contributed by atoms with E-state index >= 15 is 0 Å². The predicted octanol–water partition coefficient (Wildman–Crippen LogP) is 4.09. The number of benzene rings is 2. The molecule has 9 nitrogen and oxygen atoms in total. The summed E-state index contributed by atoms with van der Waals surface area (Å²) in [4.78, 5) is 24.3. The van der Waals surface area contributed by atoms with E-state index in [1.807, 2.05) is 19.1 Å². The lowest BCUT2D eigenvalue weighted by atomic mass is 10.2. The van der Waals surface area contributed by atoms with Crippen molar-refractivity contribution in [3.63, 3.8) is 0 Å². The van der Waals surface area contributed by atoms with Gasteiger partial charge < -0.3 is 19.7 Å². The van der Waals surface area contributed by atoms with Gasteiger partial charge in [0, 0.05) is 23.9 Å². The van der Waals surface area contributed by atoms with Crippen LogP contribution in [-0.2, 0) is 11.3 Å². The number of aromatic hydroxyl groups is 1. The molecular formula is C23H23N5O4. The number of carbonyl (C=O) groups excluding carboxylic acids is 2. The minimum absolute atomic E-state index is 0.126. The molecule has 0 spiro atoms. The Morgan fingerprint density at radius 1 is 1.19 bits per heavy atom. The van der Waals surface area contributed by atoms with E-state index in [2.05, 4.69) is 21.6 Å². The molecule has 0 fully saturated rings. The second-order valence-corrected chi connectivity index (χ2v) is 6.84. The summed E-state index contributed by atoms with van der Waals surface area (Å²) in [5, 5.41) is 30.0. The minimum Gasteiger partial charge on any atom is -0.494 e. The largest absolute Gasteiger partial charge is 0.494 e. The van der Waals surface area contributed by atoms with Gasteiger partial charge in [-0.15, -0.1) is 10.2 Å². The van der Waals surface area contributed by atoms with Crippen LogP contribution in [0.5, 0.6) is 11.6 Å². The number of azo groups is 1. The number of hydrogen-bond acceptors (Lipinski definition) is 6. The van der Waals surface area contributed by atoms with E-state index in [4.69, 9.17) is 10.00 Å². The van der Waals surface area contributed by atoms with Gasteiger partial charge in [-0.05, 0) is 43.7 Å². The first kappa shape index (κ1) is 22.5. The monoisotopic (exact) mass is 433 g/mol. The lowest BCUT2D eigenvalue weighted by Crippen LogP contribution is -2.28. The topological polar surface area (TPSA) is 129 Å². The second kappa shape index (κ2) is 10.7. The smallest absolute Gasteiger partial charge is 0.283 e. The molecule has 0 saturated carbocycles. The Balaban J connectivity index is 1.67. The fraction of sp³-hybridized carbons (Fsp3) is 0.261. The summed E-state index contributed by atoms with van der Waals surface area (Å²) in [6.07, 6.45) is 0.922. The van der Waals surface area contributed by atoms with Crippen LogP contribution in [0.4, 0.5) is 5.69 Å². The number of carbonyl (C=O) groups is 2. The van der Waals surface area contributed by atoms with Crippen molar-refractivity contribution >= 4 is 28.4 Å². The van der Waals surface area contributed by atoms with Crippen LogP contribution >= 0.6 is 0 Å². The molecule has 2 amide bonds. The number of aromatic nitrogens is 1. The van der Waals surface area contributed by atoms with Gasteiger partial charge in [0.15, 0.2) is 5.69 Å². The highest BCUT2D eigenvalue weighted by molar-refractivity contribution is 5.97. The first-order chi connectivity index (χ1) is 15.5. The molecule has 0 aliphatic carbocycles. The molecule has 9 heteroatoms. The Morgan fingerprint density at radius 2 is 1.94 bits per heavy atom. The molecule has 32 heavy (non-hydrogen) atoms. The molecule has 164 valence electrons. The zero-order chi connectivity index (χ0) is 22.9. The quantitative estimate of drug-likeness (QED) is 0.388. The van der Waals surface area contributed by atoms with Crippen LogP contribution < -0.4 is 10.1 Å². The first-order valence-corrected chi connectivity index (χ1v) is 10.2. The van der Waals surface area contributed by atoms with Gasteiger partial charge in [0.05, 0.1) is 18.2 Å². The second-order valence-electron chi connectivity index (χ2n) is 6.84. The van der Waals surface area contributed by atoms with Crippen LogP contribution in [0.25, 0.3) is 10.9 Å². The normalized spacial score (nSPS) is 10.9. The SMILES string of the molecule is CCOc1ccc(C(=O)NCC(=O)N=Nc2c(O)n(CCCC#N)c3ccccc23)cc1. The Kier molecular flexibility index (Phi) is 7.54. The van der Waals surface area contributed by atoms with Gasteiger partial charge in [-0.1, -0.05) is 18.2 Å². The Morgan fingerprint density at radius 3 is 2.66 bits per heavy atom. The maximum absolute atomic E-state index is 12.2. The number of hydrogen-bond donors (Lipinski definition) is 2. The van der Waals surface area contributed by atoms with Crippen LogP contribution in [0, 0.1) is 11.3 Å². The average molecular weight is 433 g/mol. The van der Waals surface area contributed by atoms with Crippen molar-refractivity contribution < 1.29 is 19.4 Å². The van der Waals surface area contributed by atoms with Crippen molar-refractivity contribution in [1.82, 2.24) is 9.88 Å². The zero-order valence-corrected chi connectivity index (χ0v) is 17.6. The fourth-order valence-electron chi connectivity index (χ4n) is 3.18. The van der Waals surface area contributed by atoms with Crippen molar-refractivity contribution in [3.05, 3.63) is 54.1 Å². The number of nitrogens with zero attached hydrogens (tertiary/aromatic N) is 4. The highest BCUT2D eigenvalue weighted by Gasteiger charge is 2.16. The van der Waals surface area contributed by atoms with Crippen LogP contribution in [0.15, 0.2) is 58.8 Å². The van der Waals surface area contributed by atoms with Crippen molar-refractivity contribution in [2.45, 2.75) is 26.3 Å². The van der Waals surface area contributed by atoms with E-state index in [0.717, 1.165) is 5.52 Å². The highest BCUT2D eigenvalue weighted by atomic mass is 16.5. The highest BCUT2D eigenvalue weighted by Crippen LogP contribution is 2.38. The van der Waals surface area contributed by atoms with E-state index in [1.54, 1.807) is 41.0 Å². The molecule has 0 aliphatic rings. The van der Waals surface area contributed by atoms with Crippen molar-refractivity contribution in [1.29, 1.82) is 5.26 Å². The average Bonchev–Trinajstić information content (AvgIpc) is 3.08. The van der Waals surface area contributed by atoms with E-state index in [-0.39, 0.29) is 18.1 Å². The van der Waals surface area contributed by atoms with E-state index in [9.17, 15) is 14.7 Å². The first-order valence-electron chi connectivity index (χ1n) is 10.2. The molecule has 0 aliphatic heterocycles. The molecule has 2 aromatic carbocycles. The van der Waals surface area contributed by atoms with Gasteiger partial charge in [0.1, 0.15) is 12.3 Å². The molecule has 0 atom stereocenters. The van der Waals surface area contributed by atoms with Gasteiger partial charge in [-0.2, -0.15) is 5.26 Å². The fourth-order valence-corrected chi connectivity index (χ4v) is 3.18. The van der Waals surface area contributed by atoms with E-state index in [0.29, 0.717) is 42.7 Å². The van der Waals surface area contributed by atoms with Gasteiger partial charge >= 0.3 is 0 Å². The summed E-state index contributed by atoms with van der Waals surface area (Å²) in [5.74, 6) is -0.557. The van der Waals surface area contributed by atoms with Gasteiger partial charge in [-0.25, -0.2) is 0 Å². The minimum atomic E-state index is -0.662. The van der Waals surface area contributed by atoms with Crippen molar-refractivity contribution in [2.24, 2.45) is 10.2 Å². The molecule has 0 unspecified atom stereocenters. The zero-order valence-electron chi connectivity index (χ0n) is 17.6. The molecular weight excluding hydrogens is 410 g/mol. The third-order valence-corrected chi connectivity index (χ3v) is 4.68. The number of aryl methyl sites for hydroxylation is 1. The number of para-hydroxylation sites is 1. The molecule has 0 radical (unpaired) electrons. The van der Waals surface area contributed by atoms with Crippen molar-refractivity contribution in [3.8, 4) is 17.7 Å². The maximum Gasteiger partial charge on any atom is 0.283 e. The lowest BCUT2D eigenvalue weighted by molar-refractivity contribution is -0.117. The number of nitriles is 1. The summed E-state index contributed by atoms with van der Waals surface area (Å²) >= 11 is 0. The third-order valence-electron chi connectivity index (χ3n) is 4.68. The third kappa shape index (κ3) is 5.29. The summed E-state index contributed by atoms with van der Waals surface area (Å²) < 4.78 is 6.97. The molecule has 2 N–H and O–H groups in total. The van der Waals surface area contributed by atoms with Crippen LogP contribution in [0.2, 0.25) is 0 Å². The Bertz CT molecular complexity index is 1180. The van der Waals surface area contributed by atoms with E-state index in [1.165, 1.54) is 0 Å². The van der Waals surface area contributed by atoms with Gasteiger partial charge in [-0.3, -0.25) is 9.59 Å². The standard InChI is InChI=1S/C23H23N5O4/c1-2-32-17-11-9-16(10-12-17)22(30)25-15-20(29)26-27-21-18-7-3-4-8-19(18)28(23(21)31)14-6-5-13-24/h3-4,7-12,31H,2,5-6,14-15H2,1H3,(H,25,30). The number of ether oxygens (including phenoxy) is 1. The Hall–Kier alpha value is -4.19. The van der Waals surface area contributed by atoms with E-state index < -0.39 is 11.8 Å². The molecule has 0 saturated heterocycles. The predicted molar refractivity (Wildman–Crippen MR) is 118 cm³/mol. The number of rotatable bonds is 9. The Labute approximate surface area is 184 Å². The number of amides is 2. The van der Waals surface area contributed by atoms with Crippen LogP contribution in [0.3, 0.4) is 0 Å². The van der Waals surface area contributed by atoms with Crippen molar-refractivity contribution in [2.75, 3.05) is 13.2 Å². The summed E-state index contributed by atoms with van der Waals surface area (Å²) in [5.41, 5.74) is 1.29. The van der Waals surface area contributed by atoms with Crippen LogP contribution in [0.1, 0.15) is 30.1 Å². The molecule has 3 aromatic rings. The lowest BCUT2D eigenvalue weighted by Gasteiger charge is -2.05. The molecule has 1 aromatic heterocycles. The van der Waals surface area contributed by atoms with Crippen LogP contribution in [-0.4, -0.2) is 34.6 Å². The maximum atomic E-state index is 12.2. The number of unbranched alkanes of at least 4 members (excludes halogenated alkanes) is 1. The molecule has 1 heterocycles. The summed E-state index contributed by atoms with van der Waals surface area (Å²) in [7, 11) is 0. The molecule has 0 bridgehead atoms. The van der Waals surface area contributed by atoms with Gasteiger partial charge in [0.2, 0.25) is 5.88 Å². The number of nitrogens with one attached hydrogen (secondary N) is 1. The number of fused-ring (bicyclic) bond motifs is 1. The van der Waals surface area contributed by atoms with Gasteiger partial charge in [0.25, 0.3) is 11.8 Å². The summed E-state index contributed by atoms with van der Waals surface area (Å²) in [6, 6.07) is 15.8. The summed E-state index contributed by atoms with van der Waals surface area (Å²) in [6.45, 7) is 2.49. The molecule has 3 rings (SSSR count).